The number of nitrogens with one attached hydrogen (secondary N) is 2. The summed E-state index contributed by atoms with van der Waals surface area (Å²) in [6.45, 7) is 0.751. The fourth-order valence-electron chi connectivity index (χ4n) is 2.31. The van der Waals surface area contributed by atoms with E-state index in [1.807, 2.05) is 0 Å². The molecule has 20 heavy (non-hydrogen) atoms. The van der Waals surface area contributed by atoms with Gasteiger partial charge in [-0.15, -0.1) is 0 Å². The molecule has 1 aliphatic heterocycles. The predicted octanol–water partition coefficient (Wildman–Crippen LogP) is 1.42. The number of hydrogen-bond donors (Lipinski definition) is 2. The number of fused-ring (bicyclic) bond motifs is 1. The van der Waals surface area contributed by atoms with Crippen molar-refractivity contribution < 1.29 is 9.18 Å². The Morgan fingerprint density at radius 2 is 2.40 bits per heavy atom. The van der Waals surface area contributed by atoms with Crippen LogP contribution in [0.25, 0.3) is 5.65 Å². The molecule has 1 amide bonds. The monoisotopic (exact) mass is 296 g/mol. The van der Waals surface area contributed by atoms with Gasteiger partial charge in [0, 0.05) is 31.5 Å². The first-order valence-electron chi connectivity index (χ1n) is 6.42. The van der Waals surface area contributed by atoms with E-state index in [1.54, 1.807) is 28.9 Å². The molecule has 0 bridgehead atoms. The molecule has 1 fully saturated rings. The Bertz CT molecular complexity index is 644. The number of halogens is 2. The largest absolute Gasteiger partial charge is 0.349 e. The number of pyridine rings is 1. The SMILES string of the molecule is O=C(NC[C@@H]1C[C@H](F)CN1)c1cn2cc(Cl)ccc2n1. The van der Waals surface area contributed by atoms with Crippen molar-refractivity contribution in [3.8, 4) is 0 Å². The van der Waals surface area contributed by atoms with E-state index in [2.05, 4.69) is 15.6 Å². The predicted molar refractivity (Wildman–Crippen MR) is 73.8 cm³/mol. The van der Waals surface area contributed by atoms with Gasteiger partial charge in [-0.2, -0.15) is 0 Å². The molecule has 0 spiro atoms. The van der Waals surface area contributed by atoms with Gasteiger partial charge >= 0.3 is 0 Å². The normalized spacial score (nSPS) is 22.3. The second-order valence-electron chi connectivity index (χ2n) is 4.89. The maximum Gasteiger partial charge on any atom is 0.271 e. The molecule has 7 heteroatoms. The summed E-state index contributed by atoms with van der Waals surface area (Å²) < 4.78 is 14.7. The number of carbonyl (C=O) groups is 1. The zero-order valence-corrected chi connectivity index (χ0v) is 11.4. The smallest absolute Gasteiger partial charge is 0.271 e. The lowest BCUT2D eigenvalue weighted by Gasteiger charge is -2.09. The first-order valence-corrected chi connectivity index (χ1v) is 6.79. The highest BCUT2D eigenvalue weighted by Crippen LogP contribution is 2.12. The second-order valence-corrected chi connectivity index (χ2v) is 5.32. The van der Waals surface area contributed by atoms with E-state index >= 15 is 0 Å². The van der Waals surface area contributed by atoms with Crippen LogP contribution in [-0.2, 0) is 0 Å². The summed E-state index contributed by atoms with van der Waals surface area (Å²) in [7, 11) is 0. The minimum Gasteiger partial charge on any atom is -0.349 e. The Balaban J connectivity index is 1.66. The molecule has 0 unspecified atom stereocenters. The Labute approximate surface area is 120 Å². The summed E-state index contributed by atoms with van der Waals surface area (Å²) in [6, 6.07) is 3.45. The van der Waals surface area contributed by atoms with Gasteiger partial charge in [-0.25, -0.2) is 9.37 Å². The van der Waals surface area contributed by atoms with Crippen LogP contribution in [-0.4, -0.2) is 40.6 Å². The summed E-state index contributed by atoms with van der Waals surface area (Å²) >= 11 is 5.88. The van der Waals surface area contributed by atoms with Crippen LogP contribution in [0.2, 0.25) is 5.02 Å². The lowest BCUT2D eigenvalue weighted by atomic mass is 10.2. The molecular formula is C13H14ClFN4O. The quantitative estimate of drug-likeness (QED) is 0.900. The topological polar surface area (TPSA) is 58.4 Å². The third-order valence-corrected chi connectivity index (χ3v) is 3.55. The molecule has 3 rings (SSSR count). The minimum atomic E-state index is -0.825. The van der Waals surface area contributed by atoms with E-state index in [1.165, 1.54) is 0 Å². The van der Waals surface area contributed by atoms with Crippen molar-refractivity contribution in [2.24, 2.45) is 0 Å². The molecule has 1 aliphatic rings. The maximum absolute atomic E-state index is 13.0. The van der Waals surface area contributed by atoms with Gasteiger partial charge in [0.1, 0.15) is 17.5 Å². The van der Waals surface area contributed by atoms with E-state index < -0.39 is 6.17 Å². The molecule has 1 saturated heterocycles. The first kappa shape index (κ1) is 13.3. The van der Waals surface area contributed by atoms with Crippen molar-refractivity contribution in [1.82, 2.24) is 20.0 Å². The van der Waals surface area contributed by atoms with Crippen LogP contribution in [0.3, 0.4) is 0 Å². The van der Waals surface area contributed by atoms with Gasteiger partial charge < -0.3 is 15.0 Å². The molecule has 0 saturated carbocycles. The molecule has 5 nitrogen and oxygen atoms in total. The molecular weight excluding hydrogens is 283 g/mol. The maximum atomic E-state index is 13.0. The molecule has 0 radical (unpaired) electrons. The second kappa shape index (κ2) is 5.38. The molecule has 2 aromatic heterocycles. The van der Waals surface area contributed by atoms with Crippen LogP contribution >= 0.6 is 11.6 Å². The van der Waals surface area contributed by atoms with Crippen LogP contribution in [0.5, 0.6) is 0 Å². The van der Waals surface area contributed by atoms with Crippen LogP contribution < -0.4 is 10.6 Å². The number of alkyl halides is 1. The van der Waals surface area contributed by atoms with Crippen molar-refractivity contribution in [3.05, 3.63) is 35.2 Å². The van der Waals surface area contributed by atoms with Gasteiger partial charge in [0.25, 0.3) is 5.91 Å². The van der Waals surface area contributed by atoms with Gasteiger partial charge in [0.2, 0.25) is 0 Å². The Morgan fingerprint density at radius 3 is 3.15 bits per heavy atom. The Kier molecular flexibility index (Phi) is 3.58. The Hall–Kier alpha value is -1.66. The van der Waals surface area contributed by atoms with Crippen molar-refractivity contribution in [1.29, 1.82) is 0 Å². The highest BCUT2D eigenvalue weighted by atomic mass is 35.5. The molecule has 3 heterocycles. The van der Waals surface area contributed by atoms with Crippen LogP contribution in [0, 0.1) is 0 Å². The van der Waals surface area contributed by atoms with Crippen molar-refractivity contribution in [3.63, 3.8) is 0 Å². The van der Waals surface area contributed by atoms with Crippen LogP contribution in [0.15, 0.2) is 24.5 Å². The van der Waals surface area contributed by atoms with Crippen LogP contribution in [0.4, 0.5) is 4.39 Å². The fraction of sp³-hybridized carbons (Fsp3) is 0.385. The molecule has 2 N–H and O–H groups in total. The average Bonchev–Trinajstić information content (AvgIpc) is 3.01. The number of imidazole rings is 1. The summed E-state index contributed by atoms with van der Waals surface area (Å²) in [4.78, 5) is 16.2. The number of carbonyl (C=O) groups excluding carboxylic acids is 1. The van der Waals surface area contributed by atoms with Gasteiger partial charge in [-0.1, -0.05) is 11.6 Å². The fourth-order valence-corrected chi connectivity index (χ4v) is 2.47. The molecule has 2 atom stereocenters. The van der Waals surface area contributed by atoms with Gasteiger partial charge in [0.05, 0.1) is 5.02 Å². The van der Waals surface area contributed by atoms with Gasteiger partial charge in [0.15, 0.2) is 0 Å². The Morgan fingerprint density at radius 1 is 1.55 bits per heavy atom. The van der Waals surface area contributed by atoms with Crippen LogP contribution in [0.1, 0.15) is 16.9 Å². The highest BCUT2D eigenvalue weighted by molar-refractivity contribution is 6.30. The van der Waals surface area contributed by atoms with Gasteiger partial charge in [-0.3, -0.25) is 4.79 Å². The van der Waals surface area contributed by atoms with Crippen molar-refractivity contribution in [2.75, 3.05) is 13.1 Å². The summed E-state index contributed by atoms with van der Waals surface area (Å²) in [5.41, 5.74) is 0.976. The number of nitrogens with zero attached hydrogens (tertiary/aromatic N) is 2. The zero-order valence-electron chi connectivity index (χ0n) is 10.6. The van der Waals surface area contributed by atoms with E-state index in [0.29, 0.717) is 35.9 Å². The molecule has 0 aliphatic carbocycles. The minimum absolute atomic E-state index is 0.0135. The summed E-state index contributed by atoms with van der Waals surface area (Å²) in [5, 5.41) is 6.35. The number of aromatic nitrogens is 2. The number of rotatable bonds is 3. The first-order chi connectivity index (χ1) is 9.61. The number of amides is 1. The van der Waals surface area contributed by atoms with Gasteiger partial charge in [-0.05, 0) is 18.6 Å². The molecule has 0 aromatic carbocycles. The average molecular weight is 297 g/mol. The third kappa shape index (κ3) is 2.76. The van der Waals surface area contributed by atoms with E-state index in [-0.39, 0.29) is 11.9 Å². The van der Waals surface area contributed by atoms with Crippen molar-refractivity contribution >= 4 is 23.2 Å². The molecule has 106 valence electrons. The van der Waals surface area contributed by atoms with E-state index in [0.717, 1.165) is 0 Å². The summed E-state index contributed by atoms with van der Waals surface area (Å²) in [5.74, 6) is -0.270. The lowest BCUT2D eigenvalue weighted by molar-refractivity contribution is 0.0945. The zero-order chi connectivity index (χ0) is 14.1. The number of hydrogen-bond acceptors (Lipinski definition) is 3. The standard InChI is InChI=1S/C13H14ClFN4O/c14-8-1-2-12-18-11(7-19(12)6-8)13(20)17-5-10-3-9(15)4-16-10/h1-2,6-7,9-10,16H,3-5H2,(H,17,20)/t9-,10-/m0/s1. The van der Waals surface area contributed by atoms with Crippen molar-refractivity contribution in [2.45, 2.75) is 18.6 Å². The lowest BCUT2D eigenvalue weighted by Crippen LogP contribution is -2.37. The van der Waals surface area contributed by atoms with E-state index in [9.17, 15) is 9.18 Å². The highest BCUT2D eigenvalue weighted by Gasteiger charge is 2.24. The molecule has 2 aromatic rings. The third-order valence-electron chi connectivity index (χ3n) is 3.32. The summed E-state index contributed by atoms with van der Waals surface area (Å²) in [6.07, 6.45) is 2.92. The van der Waals surface area contributed by atoms with E-state index in [4.69, 9.17) is 11.6 Å².